The predicted octanol–water partition coefficient (Wildman–Crippen LogP) is 5.69. The molecule has 6 nitrogen and oxygen atoms in total. The summed E-state index contributed by atoms with van der Waals surface area (Å²) in [7, 11) is -3.82. The maximum atomic E-state index is 13.1. The van der Waals surface area contributed by atoms with Crippen LogP contribution in [0.1, 0.15) is 33.5 Å². The van der Waals surface area contributed by atoms with Crippen LogP contribution in [0.15, 0.2) is 84.9 Å². The number of carbonyl (C=O) groups is 1. The zero-order valence-corrected chi connectivity index (χ0v) is 19.2. The lowest BCUT2D eigenvalue weighted by Gasteiger charge is -2.17. The molecule has 3 rings (SSSR count). The fourth-order valence-corrected chi connectivity index (χ4v) is 3.84. The van der Waals surface area contributed by atoms with Gasteiger partial charge in [0.05, 0.1) is 25.4 Å². The molecule has 0 aliphatic carbocycles. The van der Waals surface area contributed by atoms with Crippen LogP contribution >= 0.6 is 7.82 Å². The predicted molar refractivity (Wildman–Crippen MR) is 129 cm³/mol. The molecule has 172 valence electrons. The van der Waals surface area contributed by atoms with Crippen molar-refractivity contribution in [2.45, 2.75) is 19.6 Å². The van der Waals surface area contributed by atoms with Gasteiger partial charge in [-0.2, -0.15) is 0 Å². The lowest BCUT2D eigenvalue weighted by Crippen LogP contribution is -2.02. The number of benzene rings is 3. The number of hydrogen-bond acceptors (Lipinski definition) is 5. The molecule has 0 spiro atoms. The van der Waals surface area contributed by atoms with Crippen molar-refractivity contribution in [3.05, 3.63) is 107 Å². The third-order valence-electron chi connectivity index (χ3n) is 4.43. The molecular weight excluding hydrogens is 451 g/mol. The Morgan fingerprint density at radius 3 is 1.85 bits per heavy atom. The van der Waals surface area contributed by atoms with Crippen LogP contribution in [0.5, 0.6) is 0 Å². The number of phosphoric acid groups is 1. The third kappa shape index (κ3) is 8.71. The molecule has 0 aromatic heterocycles. The molecule has 0 aliphatic heterocycles. The maximum absolute atomic E-state index is 13.1. The summed E-state index contributed by atoms with van der Waals surface area (Å²) in [6.45, 7) is 0.221. The largest absolute Gasteiger partial charge is 0.478 e. The van der Waals surface area contributed by atoms with E-state index in [1.165, 1.54) is 12.1 Å². The van der Waals surface area contributed by atoms with E-state index in [-0.39, 0.29) is 31.8 Å². The molecule has 0 radical (unpaired) electrons. The van der Waals surface area contributed by atoms with Gasteiger partial charge in [-0.05, 0) is 47.2 Å². The van der Waals surface area contributed by atoms with Gasteiger partial charge < -0.3 is 5.11 Å². The van der Waals surface area contributed by atoms with Crippen molar-refractivity contribution in [2.75, 3.05) is 6.61 Å². The van der Waals surface area contributed by atoms with E-state index in [0.29, 0.717) is 5.56 Å². The van der Waals surface area contributed by atoms with Gasteiger partial charge in [0.15, 0.2) is 0 Å². The van der Waals surface area contributed by atoms with Crippen molar-refractivity contribution in [1.29, 1.82) is 0 Å². The van der Waals surface area contributed by atoms with Gasteiger partial charge in [0.2, 0.25) is 0 Å². The fraction of sp³-hybridized carbons (Fsp3) is 0.148. The highest BCUT2D eigenvalue weighted by Gasteiger charge is 2.26. The summed E-state index contributed by atoms with van der Waals surface area (Å²) in [5.41, 5.74) is 2.55. The van der Waals surface area contributed by atoms with Crippen LogP contribution in [0, 0.1) is 23.7 Å². The Morgan fingerprint density at radius 2 is 1.32 bits per heavy atom. The van der Waals surface area contributed by atoms with Crippen molar-refractivity contribution in [3.63, 3.8) is 0 Å². The van der Waals surface area contributed by atoms with E-state index in [1.807, 2.05) is 60.7 Å². The molecule has 0 fully saturated rings. The summed E-state index contributed by atoms with van der Waals surface area (Å²) in [6.07, 6.45) is 0.278. The van der Waals surface area contributed by atoms with Crippen molar-refractivity contribution < 1.29 is 28.0 Å². The number of carboxylic acids is 1. The molecule has 0 heterocycles. The Morgan fingerprint density at radius 1 is 0.765 bits per heavy atom. The molecule has 34 heavy (non-hydrogen) atoms. The number of phosphoric ester groups is 1. The molecule has 0 unspecified atom stereocenters. The second-order valence-electron chi connectivity index (χ2n) is 6.98. The van der Waals surface area contributed by atoms with Crippen LogP contribution in [0.3, 0.4) is 0 Å². The van der Waals surface area contributed by atoms with E-state index >= 15 is 0 Å². The highest BCUT2D eigenvalue weighted by molar-refractivity contribution is 7.48. The average Bonchev–Trinajstić information content (AvgIpc) is 2.87. The van der Waals surface area contributed by atoms with Crippen LogP contribution in [0.2, 0.25) is 0 Å². The Balaban J connectivity index is 1.53. The van der Waals surface area contributed by atoms with Gasteiger partial charge in [-0.3, -0.25) is 13.6 Å². The summed E-state index contributed by atoms with van der Waals surface area (Å²) in [4.78, 5) is 10.9. The molecule has 0 saturated heterocycles. The smallest absolute Gasteiger partial charge is 0.475 e. The van der Waals surface area contributed by atoms with E-state index in [2.05, 4.69) is 23.7 Å². The summed E-state index contributed by atoms with van der Waals surface area (Å²) in [5, 5.41) is 8.90. The summed E-state index contributed by atoms with van der Waals surface area (Å²) in [5.74, 6) is 10.1. The number of rotatable bonds is 10. The quantitative estimate of drug-likeness (QED) is 0.231. The molecule has 0 bridgehead atoms. The first kappa shape index (κ1) is 25.0. The van der Waals surface area contributed by atoms with E-state index in [1.54, 1.807) is 12.1 Å². The number of carboxylic acid groups (broad SMARTS) is 1. The number of aromatic carboxylic acids is 1. The van der Waals surface area contributed by atoms with Gasteiger partial charge in [0.1, 0.15) is 0 Å². The van der Waals surface area contributed by atoms with Crippen molar-refractivity contribution in [1.82, 2.24) is 0 Å². The van der Waals surface area contributed by atoms with Crippen LogP contribution in [0.25, 0.3) is 0 Å². The van der Waals surface area contributed by atoms with E-state index in [4.69, 9.17) is 18.7 Å². The van der Waals surface area contributed by atoms with Crippen LogP contribution < -0.4 is 0 Å². The second-order valence-corrected chi connectivity index (χ2v) is 8.65. The van der Waals surface area contributed by atoms with Crippen LogP contribution in [-0.2, 0) is 31.4 Å². The van der Waals surface area contributed by atoms with E-state index < -0.39 is 13.8 Å². The standard InChI is InChI=1S/C27H23O6P/c28-27(29)26-18-16-23(17-19-26)11-5-1-2-10-20-31-34(30,32-21-24-12-6-3-7-13-24)33-22-25-14-8-4-9-15-25/h3-4,6-9,12-19H,10,20-22H2,(H,28,29). The number of hydrogen-bond donors (Lipinski definition) is 1. The zero-order chi connectivity index (χ0) is 24.1. The van der Waals surface area contributed by atoms with Crippen molar-refractivity contribution >= 4 is 13.8 Å². The van der Waals surface area contributed by atoms with E-state index in [9.17, 15) is 9.36 Å². The van der Waals surface area contributed by atoms with Crippen LogP contribution in [-0.4, -0.2) is 17.7 Å². The van der Waals surface area contributed by atoms with Gasteiger partial charge in [-0.15, -0.1) is 0 Å². The van der Waals surface area contributed by atoms with Gasteiger partial charge in [-0.25, -0.2) is 9.36 Å². The average molecular weight is 474 g/mol. The Labute approximate surface area is 199 Å². The normalized spacial score (nSPS) is 10.5. The Kier molecular flexibility index (Phi) is 9.67. The minimum Gasteiger partial charge on any atom is -0.478 e. The molecule has 1 N–H and O–H groups in total. The summed E-state index contributed by atoms with van der Waals surface area (Å²) >= 11 is 0. The van der Waals surface area contributed by atoms with Gasteiger partial charge in [0, 0.05) is 12.0 Å². The first-order chi connectivity index (χ1) is 16.5. The molecule has 0 saturated carbocycles. The summed E-state index contributed by atoms with van der Waals surface area (Å²) in [6, 6.07) is 24.9. The third-order valence-corrected chi connectivity index (χ3v) is 5.82. The lowest BCUT2D eigenvalue weighted by atomic mass is 10.1. The molecule has 3 aromatic rings. The molecule has 0 atom stereocenters. The highest BCUT2D eigenvalue weighted by atomic mass is 31.2. The van der Waals surface area contributed by atoms with Crippen molar-refractivity contribution in [3.8, 4) is 23.7 Å². The lowest BCUT2D eigenvalue weighted by molar-refractivity contribution is 0.0696. The van der Waals surface area contributed by atoms with Crippen molar-refractivity contribution in [2.24, 2.45) is 0 Å². The Bertz CT molecular complexity index is 1190. The van der Waals surface area contributed by atoms with Gasteiger partial charge >= 0.3 is 13.8 Å². The molecule has 7 heteroatoms. The topological polar surface area (TPSA) is 82.1 Å². The summed E-state index contributed by atoms with van der Waals surface area (Å²) < 4.78 is 29.7. The highest BCUT2D eigenvalue weighted by Crippen LogP contribution is 2.51. The Hall–Kier alpha value is -3.64. The fourth-order valence-electron chi connectivity index (χ4n) is 2.68. The molecular formula is C27H23O6P. The second kappa shape index (κ2) is 13.2. The zero-order valence-electron chi connectivity index (χ0n) is 18.3. The van der Waals surface area contributed by atoms with E-state index in [0.717, 1.165) is 11.1 Å². The van der Waals surface area contributed by atoms with Gasteiger partial charge in [0.25, 0.3) is 0 Å². The molecule has 0 aliphatic rings. The molecule has 3 aromatic carbocycles. The molecule has 0 amide bonds. The van der Waals surface area contributed by atoms with Gasteiger partial charge in [-0.1, -0.05) is 72.5 Å². The monoisotopic (exact) mass is 474 g/mol. The van der Waals surface area contributed by atoms with Crippen LogP contribution in [0.4, 0.5) is 0 Å². The minimum atomic E-state index is -3.82. The first-order valence-electron chi connectivity index (χ1n) is 10.5. The maximum Gasteiger partial charge on any atom is 0.475 e. The first-order valence-corrected chi connectivity index (χ1v) is 11.9. The SMILES string of the molecule is O=C(O)c1ccc(C#CC#CCCOP(=O)(OCc2ccccc2)OCc2ccccc2)cc1. The minimum absolute atomic E-state index is 0.0445.